The number of nitrogens with zero attached hydrogens (tertiary/aromatic N) is 1. The van der Waals surface area contributed by atoms with E-state index < -0.39 is 0 Å². The molecule has 0 saturated carbocycles. The van der Waals surface area contributed by atoms with E-state index in [0.717, 1.165) is 12.5 Å². The lowest BCUT2D eigenvalue weighted by molar-refractivity contribution is 0.157. The van der Waals surface area contributed by atoms with Crippen molar-refractivity contribution in [2.24, 2.45) is 0 Å². The van der Waals surface area contributed by atoms with E-state index in [1.807, 2.05) is 0 Å². The van der Waals surface area contributed by atoms with Crippen molar-refractivity contribution in [1.29, 1.82) is 0 Å². The van der Waals surface area contributed by atoms with Crippen LogP contribution in [0, 0.1) is 0 Å². The van der Waals surface area contributed by atoms with Crippen molar-refractivity contribution < 1.29 is 5.11 Å². The summed E-state index contributed by atoms with van der Waals surface area (Å²) in [7, 11) is 0. The summed E-state index contributed by atoms with van der Waals surface area (Å²) in [6.45, 7) is 5.29. The Bertz CT molecular complexity index is 138. The smallest absolute Gasteiger partial charge is 0.0431 e. The highest BCUT2D eigenvalue weighted by Crippen LogP contribution is 2.16. The van der Waals surface area contributed by atoms with Crippen molar-refractivity contribution in [2.45, 2.75) is 57.9 Å². The molecule has 0 bridgehead atoms. The Morgan fingerprint density at radius 3 is 2.64 bits per heavy atom. The molecular formula is C12H25NO. The van der Waals surface area contributed by atoms with Crippen molar-refractivity contribution in [2.75, 3.05) is 19.7 Å². The number of hydrogen-bond donors (Lipinski definition) is 1. The Morgan fingerprint density at radius 1 is 1.14 bits per heavy atom. The van der Waals surface area contributed by atoms with Crippen molar-refractivity contribution in [3.05, 3.63) is 0 Å². The summed E-state index contributed by atoms with van der Waals surface area (Å²) in [4.78, 5) is 2.63. The summed E-state index contributed by atoms with van der Waals surface area (Å²) in [5.41, 5.74) is 0. The largest absolute Gasteiger partial charge is 0.396 e. The van der Waals surface area contributed by atoms with E-state index in [4.69, 9.17) is 5.11 Å². The van der Waals surface area contributed by atoms with Gasteiger partial charge in [-0.25, -0.2) is 0 Å². The van der Waals surface area contributed by atoms with Gasteiger partial charge in [0.05, 0.1) is 0 Å². The first-order chi connectivity index (χ1) is 6.84. The molecule has 0 aromatic rings. The van der Waals surface area contributed by atoms with Crippen LogP contribution in [0.4, 0.5) is 0 Å². The summed E-state index contributed by atoms with van der Waals surface area (Å²) in [5.74, 6) is 0. The maximum absolute atomic E-state index is 8.65. The van der Waals surface area contributed by atoms with Crippen molar-refractivity contribution in [3.63, 3.8) is 0 Å². The van der Waals surface area contributed by atoms with Crippen molar-refractivity contribution in [1.82, 2.24) is 4.90 Å². The van der Waals surface area contributed by atoms with Crippen LogP contribution in [0.5, 0.6) is 0 Å². The van der Waals surface area contributed by atoms with Gasteiger partial charge in [-0.05, 0) is 45.7 Å². The molecule has 0 aromatic carbocycles. The van der Waals surface area contributed by atoms with Gasteiger partial charge in [0.15, 0.2) is 0 Å². The lowest BCUT2D eigenvalue weighted by Gasteiger charge is -2.33. The van der Waals surface area contributed by atoms with Gasteiger partial charge in [0, 0.05) is 12.6 Å². The van der Waals surface area contributed by atoms with Gasteiger partial charge in [-0.15, -0.1) is 0 Å². The zero-order chi connectivity index (χ0) is 10.2. The quantitative estimate of drug-likeness (QED) is 0.664. The molecule has 84 valence electrons. The molecule has 2 heteroatoms. The SMILES string of the molecule is CC1CCCCN1CCCCCCO. The van der Waals surface area contributed by atoms with Gasteiger partial charge in [0.1, 0.15) is 0 Å². The predicted molar refractivity (Wildman–Crippen MR) is 60.4 cm³/mol. The average Bonchev–Trinajstić information content (AvgIpc) is 2.20. The molecule has 1 rings (SSSR count). The highest BCUT2D eigenvalue weighted by Gasteiger charge is 2.16. The first kappa shape index (κ1) is 12.0. The Hall–Kier alpha value is -0.0800. The molecular weight excluding hydrogens is 174 g/mol. The molecule has 0 aliphatic carbocycles. The zero-order valence-electron chi connectivity index (χ0n) is 9.54. The second-order valence-corrected chi connectivity index (χ2v) is 4.52. The van der Waals surface area contributed by atoms with E-state index in [1.165, 1.54) is 51.6 Å². The van der Waals surface area contributed by atoms with Gasteiger partial charge in [-0.3, -0.25) is 0 Å². The number of aliphatic hydroxyl groups excluding tert-OH is 1. The Morgan fingerprint density at radius 2 is 1.93 bits per heavy atom. The second kappa shape index (κ2) is 7.24. The predicted octanol–water partition coefficient (Wildman–Crippen LogP) is 2.41. The molecule has 1 unspecified atom stereocenters. The Balaban J connectivity index is 1.99. The monoisotopic (exact) mass is 199 g/mol. The van der Waals surface area contributed by atoms with Crippen molar-refractivity contribution in [3.8, 4) is 0 Å². The molecule has 0 spiro atoms. The fourth-order valence-electron chi connectivity index (χ4n) is 2.27. The van der Waals surface area contributed by atoms with E-state index in [2.05, 4.69) is 11.8 Å². The standard InChI is InChI=1S/C12H25NO/c1-12-8-4-6-10-13(12)9-5-2-3-7-11-14/h12,14H,2-11H2,1H3. The molecule has 1 atom stereocenters. The van der Waals surface area contributed by atoms with Crippen LogP contribution >= 0.6 is 0 Å². The maximum Gasteiger partial charge on any atom is 0.0431 e. The van der Waals surface area contributed by atoms with Crippen LogP contribution in [0.1, 0.15) is 51.9 Å². The molecule has 1 aliphatic heterocycles. The van der Waals surface area contributed by atoms with E-state index in [0.29, 0.717) is 6.61 Å². The zero-order valence-corrected chi connectivity index (χ0v) is 9.54. The van der Waals surface area contributed by atoms with E-state index in [-0.39, 0.29) is 0 Å². The van der Waals surface area contributed by atoms with Crippen LogP contribution in [-0.4, -0.2) is 35.7 Å². The molecule has 1 aliphatic rings. The molecule has 0 radical (unpaired) electrons. The summed E-state index contributed by atoms with van der Waals surface area (Å²) in [6, 6.07) is 0.807. The van der Waals surface area contributed by atoms with E-state index in [9.17, 15) is 0 Å². The second-order valence-electron chi connectivity index (χ2n) is 4.52. The normalized spacial score (nSPS) is 24.0. The molecule has 1 N–H and O–H groups in total. The van der Waals surface area contributed by atoms with Gasteiger partial charge in [-0.2, -0.15) is 0 Å². The highest BCUT2D eigenvalue weighted by molar-refractivity contribution is 4.72. The molecule has 14 heavy (non-hydrogen) atoms. The first-order valence-electron chi connectivity index (χ1n) is 6.19. The highest BCUT2D eigenvalue weighted by atomic mass is 16.2. The third-order valence-corrected chi connectivity index (χ3v) is 3.29. The minimum absolute atomic E-state index is 0.361. The summed E-state index contributed by atoms with van der Waals surface area (Å²) >= 11 is 0. The van der Waals surface area contributed by atoms with Gasteiger partial charge in [-0.1, -0.05) is 19.3 Å². The fourth-order valence-corrected chi connectivity index (χ4v) is 2.27. The number of piperidine rings is 1. The minimum Gasteiger partial charge on any atom is -0.396 e. The molecule has 1 saturated heterocycles. The van der Waals surface area contributed by atoms with Crippen LogP contribution in [0.15, 0.2) is 0 Å². The molecule has 1 fully saturated rings. The molecule has 0 amide bonds. The fraction of sp³-hybridized carbons (Fsp3) is 1.00. The molecule has 2 nitrogen and oxygen atoms in total. The number of likely N-dealkylation sites (tertiary alicyclic amines) is 1. The number of rotatable bonds is 6. The van der Waals surface area contributed by atoms with Crippen LogP contribution in [0.25, 0.3) is 0 Å². The number of unbranched alkanes of at least 4 members (excludes halogenated alkanes) is 3. The number of aliphatic hydroxyl groups is 1. The average molecular weight is 199 g/mol. The first-order valence-corrected chi connectivity index (χ1v) is 6.19. The Labute approximate surface area is 88.3 Å². The van der Waals surface area contributed by atoms with Crippen LogP contribution < -0.4 is 0 Å². The van der Waals surface area contributed by atoms with Gasteiger partial charge in [0.25, 0.3) is 0 Å². The lowest BCUT2D eigenvalue weighted by Crippen LogP contribution is -2.37. The Kier molecular flexibility index (Phi) is 6.20. The summed E-state index contributed by atoms with van der Waals surface area (Å²) < 4.78 is 0. The summed E-state index contributed by atoms with van der Waals surface area (Å²) in [6.07, 6.45) is 8.96. The van der Waals surface area contributed by atoms with Crippen LogP contribution in [0.2, 0.25) is 0 Å². The van der Waals surface area contributed by atoms with Crippen LogP contribution in [-0.2, 0) is 0 Å². The maximum atomic E-state index is 8.65. The van der Waals surface area contributed by atoms with E-state index in [1.54, 1.807) is 0 Å². The van der Waals surface area contributed by atoms with E-state index >= 15 is 0 Å². The van der Waals surface area contributed by atoms with Gasteiger partial charge < -0.3 is 10.0 Å². The van der Waals surface area contributed by atoms with Crippen molar-refractivity contribution >= 4 is 0 Å². The van der Waals surface area contributed by atoms with Gasteiger partial charge in [0.2, 0.25) is 0 Å². The number of hydrogen-bond acceptors (Lipinski definition) is 2. The third-order valence-electron chi connectivity index (χ3n) is 3.29. The third kappa shape index (κ3) is 4.43. The van der Waals surface area contributed by atoms with Gasteiger partial charge >= 0.3 is 0 Å². The lowest BCUT2D eigenvalue weighted by atomic mass is 10.0. The molecule has 0 aromatic heterocycles. The minimum atomic E-state index is 0.361. The van der Waals surface area contributed by atoms with Crippen LogP contribution in [0.3, 0.4) is 0 Å². The molecule has 1 heterocycles. The topological polar surface area (TPSA) is 23.5 Å². The summed E-state index contributed by atoms with van der Waals surface area (Å²) in [5, 5.41) is 8.65.